The van der Waals surface area contributed by atoms with E-state index in [4.69, 9.17) is 33.2 Å². The molecule has 0 aromatic heterocycles. The summed E-state index contributed by atoms with van der Waals surface area (Å²) in [6.45, 7) is 19.3. The van der Waals surface area contributed by atoms with Crippen LogP contribution in [0.1, 0.15) is 108 Å². The number of benzene rings is 1. The maximum absolute atomic E-state index is 12.9. The molecule has 1 rings (SSSR count). The summed E-state index contributed by atoms with van der Waals surface area (Å²) in [6.07, 6.45) is -4.63. The van der Waals surface area contributed by atoms with Crippen LogP contribution in [0.5, 0.6) is 0 Å². The number of hydrogen-bond donors (Lipinski definition) is 3. The number of amides is 3. The number of esters is 3. The highest BCUT2D eigenvalue weighted by Crippen LogP contribution is 2.11. The van der Waals surface area contributed by atoms with E-state index in [0.29, 0.717) is 0 Å². The molecule has 0 heterocycles. The average Bonchev–Trinajstić information content (AvgIpc) is 3.00. The van der Waals surface area contributed by atoms with E-state index in [1.54, 1.807) is 83.1 Å². The quantitative estimate of drug-likeness (QED) is 0.0862. The van der Waals surface area contributed by atoms with Crippen molar-refractivity contribution in [1.29, 1.82) is 0 Å². The van der Waals surface area contributed by atoms with Crippen LogP contribution in [-0.4, -0.2) is 103 Å². The molecule has 1 aromatic carbocycles. The van der Waals surface area contributed by atoms with Crippen molar-refractivity contribution >= 4 is 48.0 Å². The van der Waals surface area contributed by atoms with Crippen LogP contribution in [0.4, 0.5) is 14.4 Å². The van der Waals surface area contributed by atoms with Crippen LogP contribution in [0.2, 0.25) is 0 Å². The average molecular weight is 808 g/mol. The van der Waals surface area contributed by atoms with E-state index in [1.165, 1.54) is 0 Å². The van der Waals surface area contributed by atoms with E-state index >= 15 is 0 Å². The smallest absolute Gasteiger partial charge is 0.414 e. The van der Waals surface area contributed by atoms with Crippen LogP contribution in [0.15, 0.2) is 40.3 Å². The predicted molar refractivity (Wildman–Crippen MR) is 209 cm³/mol. The fraction of sp³-hybridized carbons (Fsp3) is 0.641. The Morgan fingerprint density at radius 2 is 1.05 bits per heavy atom. The molecule has 320 valence electrons. The third-order valence-corrected chi connectivity index (χ3v) is 5.96. The molecule has 3 N–H and O–H groups in total. The minimum absolute atomic E-state index is 0.0728. The predicted octanol–water partition coefficient (Wildman–Crippen LogP) is 5.50. The Bertz CT molecular complexity index is 1490. The SMILES string of the molecule is CC(C)(C)OC(=O)CC(=NCCC(=O)OC(COCc1ccccc1)COC(=O)CCN=C(NC(=O)OC(C)(C)C)NC(=O)OC(C)(C)C)NC(=O)OC(C)(C)C. The van der Waals surface area contributed by atoms with Gasteiger partial charge in [0.1, 0.15) is 41.3 Å². The maximum Gasteiger partial charge on any atom is 0.414 e. The molecule has 0 fully saturated rings. The number of aliphatic imine (C=N–C) groups is 2. The van der Waals surface area contributed by atoms with Gasteiger partial charge in [0.15, 0.2) is 6.10 Å². The molecule has 0 radical (unpaired) electrons. The van der Waals surface area contributed by atoms with Gasteiger partial charge in [-0.15, -0.1) is 0 Å². The first kappa shape index (κ1) is 49.8. The summed E-state index contributed by atoms with van der Waals surface area (Å²) in [4.78, 5) is 83.6. The number of amidine groups is 1. The summed E-state index contributed by atoms with van der Waals surface area (Å²) in [5, 5.41) is 7.08. The number of ether oxygens (including phenoxy) is 7. The molecular weight excluding hydrogens is 746 g/mol. The second-order valence-corrected chi connectivity index (χ2v) is 16.5. The largest absolute Gasteiger partial charge is 0.462 e. The number of rotatable bonds is 15. The number of alkyl carbamates (subject to hydrolysis) is 3. The van der Waals surface area contributed by atoms with Crippen LogP contribution < -0.4 is 16.0 Å². The van der Waals surface area contributed by atoms with Gasteiger partial charge in [-0.2, -0.15) is 0 Å². The zero-order valence-corrected chi connectivity index (χ0v) is 35.3. The Hall–Kier alpha value is -5.26. The number of nitrogens with zero attached hydrogens (tertiary/aromatic N) is 2. The third kappa shape index (κ3) is 27.9. The topological polar surface area (TPSA) is 228 Å². The molecule has 1 aromatic rings. The Kier molecular flexibility index (Phi) is 20.2. The summed E-state index contributed by atoms with van der Waals surface area (Å²) in [5.41, 5.74) is -2.43. The minimum Gasteiger partial charge on any atom is -0.462 e. The first-order valence-corrected chi connectivity index (χ1v) is 18.4. The maximum atomic E-state index is 12.9. The van der Waals surface area contributed by atoms with Gasteiger partial charge in [-0.3, -0.25) is 40.3 Å². The molecule has 57 heavy (non-hydrogen) atoms. The summed E-state index contributed by atoms with van der Waals surface area (Å²) in [7, 11) is 0. The van der Waals surface area contributed by atoms with Crippen molar-refractivity contribution in [1.82, 2.24) is 16.0 Å². The second kappa shape index (κ2) is 23.1. The number of guanidine groups is 1. The molecule has 0 bridgehead atoms. The Morgan fingerprint density at radius 3 is 1.56 bits per heavy atom. The minimum atomic E-state index is -1.03. The van der Waals surface area contributed by atoms with Gasteiger partial charge < -0.3 is 33.2 Å². The number of carbonyl (C=O) groups is 6. The zero-order chi connectivity index (χ0) is 43.5. The van der Waals surface area contributed by atoms with Gasteiger partial charge in [-0.25, -0.2) is 14.4 Å². The molecule has 1 unspecified atom stereocenters. The molecule has 18 heteroatoms. The number of hydrogen-bond acceptors (Lipinski definition) is 15. The molecule has 0 aliphatic rings. The zero-order valence-electron chi connectivity index (χ0n) is 35.3. The summed E-state index contributed by atoms with van der Waals surface area (Å²) in [6, 6.07) is 9.24. The van der Waals surface area contributed by atoms with Crippen LogP contribution in [0.25, 0.3) is 0 Å². The van der Waals surface area contributed by atoms with E-state index < -0.39 is 71.1 Å². The van der Waals surface area contributed by atoms with Gasteiger partial charge in [0, 0.05) is 0 Å². The van der Waals surface area contributed by atoms with Gasteiger partial charge in [-0.05, 0) is 88.6 Å². The highest BCUT2D eigenvalue weighted by Gasteiger charge is 2.24. The van der Waals surface area contributed by atoms with E-state index in [-0.39, 0.29) is 57.5 Å². The number of nitrogens with one attached hydrogen (secondary N) is 3. The fourth-order valence-corrected chi connectivity index (χ4v) is 4.03. The van der Waals surface area contributed by atoms with Crippen LogP contribution in [-0.2, 0) is 54.1 Å². The first-order chi connectivity index (χ1) is 26.2. The number of carbonyl (C=O) groups excluding carboxylic acids is 6. The monoisotopic (exact) mass is 807 g/mol. The van der Waals surface area contributed by atoms with Crippen molar-refractivity contribution in [2.75, 3.05) is 26.3 Å². The molecule has 0 aliphatic carbocycles. The molecule has 0 aliphatic heterocycles. The van der Waals surface area contributed by atoms with Crippen LogP contribution in [0.3, 0.4) is 0 Å². The Balaban J connectivity index is 2.99. The summed E-state index contributed by atoms with van der Waals surface area (Å²) < 4.78 is 37.7. The standard InChI is InChI=1S/C39H61N5O13/c1-36(2,3)54-31(47)22-28(42-33(48)55-37(4,5)6)40-20-19-30(46)53-27(24-51-23-26-16-14-13-15-17-26)25-52-29(45)18-21-41-32(43-34(49)56-38(7,8)9)44-35(50)57-39(10,11)12/h13-17,27H,18-25H2,1-12H3,(H,40,42,48)(H2,41,43,44,49,50). The van der Waals surface area contributed by atoms with Crippen molar-refractivity contribution in [3.63, 3.8) is 0 Å². The van der Waals surface area contributed by atoms with E-state index in [0.717, 1.165) is 5.56 Å². The molecule has 18 nitrogen and oxygen atoms in total. The summed E-state index contributed by atoms with van der Waals surface area (Å²) >= 11 is 0. The van der Waals surface area contributed by atoms with Crippen molar-refractivity contribution in [3.8, 4) is 0 Å². The lowest BCUT2D eigenvalue weighted by Gasteiger charge is -2.22. The Labute approximate surface area is 335 Å². The lowest BCUT2D eigenvalue weighted by Crippen LogP contribution is -2.47. The van der Waals surface area contributed by atoms with Gasteiger partial charge in [0.05, 0.1) is 39.1 Å². The highest BCUT2D eigenvalue weighted by molar-refractivity contribution is 6.04. The molecule has 0 saturated carbocycles. The molecule has 0 saturated heterocycles. The van der Waals surface area contributed by atoms with E-state index in [2.05, 4.69) is 25.9 Å². The van der Waals surface area contributed by atoms with Crippen LogP contribution in [0, 0.1) is 0 Å². The van der Waals surface area contributed by atoms with E-state index in [9.17, 15) is 28.8 Å². The lowest BCUT2D eigenvalue weighted by atomic mass is 10.2. The van der Waals surface area contributed by atoms with Gasteiger partial charge in [-0.1, -0.05) is 30.3 Å². The molecule has 3 amide bonds. The van der Waals surface area contributed by atoms with Gasteiger partial charge in [0.25, 0.3) is 0 Å². The normalized spacial score (nSPS) is 12.6. The van der Waals surface area contributed by atoms with Gasteiger partial charge >= 0.3 is 36.2 Å². The van der Waals surface area contributed by atoms with E-state index in [1.807, 2.05) is 30.3 Å². The van der Waals surface area contributed by atoms with Crippen molar-refractivity contribution in [2.45, 2.75) is 137 Å². The first-order valence-electron chi connectivity index (χ1n) is 18.4. The lowest BCUT2D eigenvalue weighted by molar-refractivity contribution is -0.162. The van der Waals surface area contributed by atoms with Gasteiger partial charge in [0.2, 0.25) is 5.96 Å². The molecule has 0 spiro atoms. The van der Waals surface area contributed by atoms with Crippen molar-refractivity contribution in [2.24, 2.45) is 9.98 Å². The Morgan fingerprint density at radius 1 is 0.579 bits per heavy atom. The van der Waals surface area contributed by atoms with Crippen LogP contribution >= 0.6 is 0 Å². The third-order valence-electron chi connectivity index (χ3n) is 5.96. The molecular formula is C39H61N5O13. The summed E-state index contributed by atoms with van der Waals surface area (Å²) in [5.74, 6) is -2.51. The highest BCUT2D eigenvalue weighted by atomic mass is 16.6. The van der Waals surface area contributed by atoms with Crippen molar-refractivity contribution in [3.05, 3.63) is 35.9 Å². The fourth-order valence-electron chi connectivity index (χ4n) is 4.03. The second-order valence-electron chi connectivity index (χ2n) is 16.5. The molecule has 1 atom stereocenters. The van der Waals surface area contributed by atoms with Crippen molar-refractivity contribution < 1.29 is 61.9 Å².